The second kappa shape index (κ2) is 9.37. The van der Waals surface area contributed by atoms with E-state index in [4.69, 9.17) is 4.74 Å². The fourth-order valence-electron chi connectivity index (χ4n) is 2.74. The summed E-state index contributed by atoms with van der Waals surface area (Å²) in [4.78, 5) is 24.3. The third-order valence-electron chi connectivity index (χ3n) is 4.21. The lowest BCUT2D eigenvalue weighted by Gasteiger charge is -2.10. The molecule has 0 unspecified atom stereocenters. The number of ether oxygens (including phenoxy) is 1. The Morgan fingerprint density at radius 1 is 0.821 bits per heavy atom. The summed E-state index contributed by atoms with van der Waals surface area (Å²) in [6.45, 7) is 0.531. The van der Waals surface area contributed by atoms with Crippen molar-refractivity contribution in [3.63, 3.8) is 0 Å². The molecule has 5 heteroatoms. The molecule has 0 aliphatic heterocycles. The van der Waals surface area contributed by atoms with Gasteiger partial charge in [-0.15, -0.1) is 0 Å². The fraction of sp³-hybridized carbons (Fsp3) is 0.130. The van der Waals surface area contributed by atoms with E-state index in [1.54, 1.807) is 49.5 Å². The molecule has 0 fully saturated rings. The molecule has 2 N–H and O–H groups in total. The smallest absolute Gasteiger partial charge is 0.255 e. The molecule has 0 saturated carbocycles. The van der Waals surface area contributed by atoms with Crippen LogP contribution in [0.4, 0.5) is 5.69 Å². The van der Waals surface area contributed by atoms with Gasteiger partial charge in [0, 0.05) is 30.3 Å². The Kier molecular flexibility index (Phi) is 6.41. The molecule has 3 rings (SSSR count). The van der Waals surface area contributed by atoms with Crippen LogP contribution in [0.2, 0.25) is 0 Å². The minimum absolute atomic E-state index is 0.204. The van der Waals surface area contributed by atoms with Crippen LogP contribution in [0.15, 0.2) is 78.9 Å². The number of hydrogen-bond donors (Lipinski definition) is 2. The highest BCUT2D eigenvalue weighted by atomic mass is 16.5. The van der Waals surface area contributed by atoms with E-state index in [2.05, 4.69) is 22.8 Å². The van der Waals surface area contributed by atoms with Crippen molar-refractivity contribution in [1.29, 1.82) is 0 Å². The van der Waals surface area contributed by atoms with E-state index in [0.29, 0.717) is 29.2 Å². The highest BCUT2D eigenvalue weighted by molar-refractivity contribution is 6.05. The predicted molar refractivity (Wildman–Crippen MR) is 110 cm³/mol. The summed E-state index contributed by atoms with van der Waals surface area (Å²) in [5.74, 6) is 0.176. The van der Waals surface area contributed by atoms with Crippen molar-refractivity contribution in [3.8, 4) is 5.75 Å². The van der Waals surface area contributed by atoms with Crippen molar-refractivity contribution in [1.82, 2.24) is 5.32 Å². The van der Waals surface area contributed by atoms with Gasteiger partial charge >= 0.3 is 0 Å². The first-order valence-electron chi connectivity index (χ1n) is 9.06. The molecule has 5 nitrogen and oxygen atoms in total. The molecule has 2 amide bonds. The van der Waals surface area contributed by atoms with Crippen molar-refractivity contribution in [2.45, 2.75) is 6.42 Å². The van der Waals surface area contributed by atoms with Crippen LogP contribution in [0, 0.1) is 0 Å². The highest BCUT2D eigenvalue weighted by Crippen LogP contribution is 2.17. The van der Waals surface area contributed by atoms with Gasteiger partial charge in [0.15, 0.2) is 0 Å². The second-order valence-corrected chi connectivity index (χ2v) is 6.23. The fourth-order valence-corrected chi connectivity index (χ4v) is 2.74. The molecule has 0 aliphatic rings. The van der Waals surface area contributed by atoms with Crippen LogP contribution >= 0.6 is 0 Å². The summed E-state index contributed by atoms with van der Waals surface area (Å²) >= 11 is 0. The summed E-state index contributed by atoms with van der Waals surface area (Å²) in [5, 5.41) is 5.38. The Morgan fingerprint density at radius 3 is 2.29 bits per heavy atom. The maximum absolute atomic E-state index is 12.5. The average Bonchev–Trinajstić information content (AvgIpc) is 2.74. The number of carbonyl (C=O) groups is 2. The molecular weight excluding hydrogens is 352 g/mol. The van der Waals surface area contributed by atoms with E-state index < -0.39 is 0 Å². The minimum atomic E-state index is -0.262. The topological polar surface area (TPSA) is 67.4 Å². The molecule has 0 radical (unpaired) electrons. The van der Waals surface area contributed by atoms with Crippen LogP contribution in [0.1, 0.15) is 26.3 Å². The Balaban J connectivity index is 1.61. The zero-order valence-electron chi connectivity index (χ0n) is 15.6. The molecule has 28 heavy (non-hydrogen) atoms. The van der Waals surface area contributed by atoms with Crippen LogP contribution in [0.5, 0.6) is 5.75 Å². The van der Waals surface area contributed by atoms with Gasteiger partial charge < -0.3 is 15.4 Å². The van der Waals surface area contributed by atoms with Gasteiger partial charge in [-0.05, 0) is 42.0 Å². The first-order valence-corrected chi connectivity index (χ1v) is 9.06. The van der Waals surface area contributed by atoms with E-state index in [1.807, 2.05) is 24.3 Å². The van der Waals surface area contributed by atoms with E-state index in [9.17, 15) is 9.59 Å². The van der Waals surface area contributed by atoms with Crippen molar-refractivity contribution in [2.24, 2.45) is 0 Å². The number of nitrogens with one attached hydrogen (secondary N) is 2. The largest absolute Gasteiger partial charge is 0.493 e. The molecule has 142 valence electrons. The number of carbonyl (C=O) groups excluding carboxylic acids is 2. The Labute approximate surface area is 164 Å². The van der Waals surface area contributed by atoms with Crippen LogP contribution in [0.25, 0.3) is 0 Å². The van der Waals surface area contributed by atoms with Crippen molar-refractivity contribution in [3.05, 3.63) is 95.6 Å². The summed E-state index contributed by atoms with van der Waals surface area (Å²) in [6.07, 6.45) is 0.795. The average molecular weight is 374 g/mol. The molecule has 0 atom stereocenters. The van der Waals surface area contributed by atoms with Gasteiger partial charge in [-0.3, -0.25) is 9.59 Å². The van der Waals surface area contributed by atoms with Crippen molar-refractivity contribution < 1.29 is 14.3 Å². The van der Waals surface area contributed by atoms with Gasteiger partial charge in [-0.25, -0.2) is 0 Å². The highest BCUT2D eigenvalue weighted by Gasteiger charge is 2.09. The van der Waals surface area contributed by atoms with Gasteiger partial charge in [0.05, 0.1) is 6.61 Å². The standard InChI is InChI=1S/C23H22N2O3/c1-24-22(26)18-9-5-11-20(15-18)25-23(27)19-10-6-12-21(16-19)28-14-13-17-7-3-2-4-8-17/h2-12,15-16H,13-14H2,1H3,(H,24,26)(H,25,27). The SMILES string of the molecule is CNC(=O)c1cccc(NC(=O)c2cccc(OCCc3ccccc3)c2)c1. The Hall–Kier alpha value is -3.60. The van der Waals surface area contributed by atoms with Gasteiger partial charge in [-0.1, -0.05) is 42.5 Å². The quantitative estimate of drug-likeness (QED) is 0.659. The lowest BCUT2D eigenvalue weighted by molar-refractivity contribution is 0.0961. The molecule has 3 aromatic rings. The number of rotatable bonds is 7. The van der Waals surface area contributed by atoms with Gasteiger partial charge in [0.2, 0.25) is 0 Å². The number of benzene rings is 3. The van der Waals surface area contributed by atoms with E-state index in [-0.39, 0.29) is 11.8 Å². The Bertz CT molecular complexity index is 955. The maximum Gasteiger partial charge on any atom is 0.255 e. The molecule has 0 saturated heterocycles. The molecule has 0 aliphatic carbocycles. The normalized spacial score (nSPS) is 10.2. The maximum atomic E-state index is 12.5. The summed E-state index contributed by atoms with van der Waals surface area (Å²) < 4.78 is 5.78. The third-order valence-corrected chi connectivity index (χ3v) is 4.21. The van der Waals surface area contributed by atoms with Gasteiger partial charge in [-0.2, -0.15) is 0 Å². The van der Waals surface area contributed by atoms with Crippen LogP contribution in [-0.2, 0) is 6.42 Å². The zero-order chi connectivity index (χ0) is 19.8. The lowest BCUT2D eigenvalue weighted by atomic mass is 10.1. The van der Waals surface area contributed by atoms with Gasteiger partial charge in [0.1, 0.15) is 5.75 Å². The number of amides is 2. The molecular formula is C23H22N2O3. The van der Waals surface area contributed by atoms with Crippen molar-refractivity contribution in [2.75, 3.05) is 19.0 Å². The first-order chi connectivity index (χ1) is 13.7. The lowest BCUT2D eigenvalue weighted by Crippen LogP contribution is -2.18. The monoisotopic (exact) mass is 374 g/mol. The van der Waals surface area contributed by atoms with Crippen LogP contribution in [0.3, 0.4) is 0 Å². The molecule has 0 aromatic heterocycles. The molecule has 3 aromatic carbocycles. The van der Waals surface area contributed by atoms with Gasteiger partial charge in [0.25, 0.3) is 11.8 Å². The first kappa shape index (κ1) is 19.2. The third kappa shape index (κ3) is 5.20. The number of hydrogen-bond acceptors (Lipinski definition) is 3. The summed E-state index contributed by atoms with van der Waals surface area (Å²) in [7, 11) is 1.57. The molecule has 0 bridgehead atoms. The van der Waals surface area contributed by atoms with E-state index in [1.165, 1.54) is 5.56 Å². The van der Waals surface area contributed by atoms with Crippen LogP contribution < -0.4 is 15.4 Å². The zero-order valence-corrected chi connectivity index (χ0v) is 15.6. The Morgan fingerprint density at radius 2 is 1.54 bits per heavy atom. The van der Waals surface area contributed by atoms with Crippen LogP contribution in [-0.4, -0.2) is 25.5 Å². The summed E-state index contributed by atoms with van der Waals surface area (Å²) in [6, 6.07) is 23.9. The van der Waals surface area contributed by atoms with E-state index in [0.717, 1.165) is 6.42 Å². The minimum Gasteiger partial charge on any atom is -0.493 e. The molecule has 0 heterocycles. The summed E-state index contributed by atoms with van der Waals surface area (Å²) in [5.41, 5.74) is 2.73. The predicted octanol–water partition coefficient (Wildman–Crippen LogP) is 3.92. The van der Waals surface area contributed by atoms with Crippen molar-refractivity contribution >= 4 is 17.5 Å². The molecule has 0 spiro atoms. The van der Waals surface area contributed by atoms with E-state index >= 15 is 0 Å². The second-order valence-electron chi connectivity index (χ2n) is 6.23. The number of anilines is 1.